The van der Waals surface area contributed by atoms with Gasteiger partial charge in [0.2, 0.25) is 0 Å². The highest BCUT2D eigenvalue weighted by atomic mass is 32.2. The Balaban J connectivity index is 1.55. The Labute approximate surface area is 156 Å². The van der Waals surface area contributed by atoms with Crippen LogP contribution in [0, 0.1) is 13.8 Å². The van der Waals surface area contributed by atoms with Gasteiger partial charge >= 0.3 is 0 Å². The van der Waals surface area contributed by atoms with Crippen LogP contribution in [0.1, 0.15) is 28.7 Å². The fourth-order valence-electron chi connectivity index (χ4n) is 2.54. The average Bonchev–Trinajstić information content (AvgIpc) is 2.98. The van der Waals surface area contributed by atoms with Gasteiger partial charge in [-0.15, -0.1) is 22.0 Å². The molecule has 26 heavy (non-hydrogen) atoms. The third-order valence-corrected chi connectivity index (χ3v) is 4.59. The molecule has 134 valence electrons. The van der Waals surface area contributed by atoms with E-state index in [0.717, 1.165) is 16.4 Å². The number of thioether (sulfide) groups is 1. The number of rotatable bonds is 7. The Hall–Kier alpha value is -2.67. The standard InChI is InChI=1S/C19H20N4O2S/c1-13-12-14(2)23(22-13)18-8-9-19(21-20-18)26-11-10-25-17-7-5-4-6-16(17)15(3)24/h4-9,12H,10-11H2,1-3H3. The number of para-hydroxylation sites is 1. The van der Waals surface area contributed by atoms with E-state index in [1.54, 1.807) is 22.5 Å². The first-order chi connectivity index (χ1) is 12.5. The Morgan fingerprint density at radius 1 is 1.15 bits per heavy atom. The molecule has 6 nitrogen and oxygen atoms in total. The smallest absolute Gasteiger partial charge is 0.175 e. The zero-order valence-corrected chi connectivity index (χ0v) is 15.8. The van der Waals surface area contributed by atoms with E-state index >= 15 is 0 Å². The summed E-state index contributed by atoms with van der Waals surface area (Å²) in [4.78, 5) is 11.6. The predicted molar refractivity (Wildman–Crippen MR) is 101 cm³/mol. The van der Waals surface area contributed by atoms with Crippen LogP contribution in [0.5, 0.6) is 5.75 Å². The van der Waals surface area contributed by atoms with Crippen molar-refractivity contribution in [2.45, 2.75) is 25.8 Å². The molecule has 1 aromatic carbocycles. The highest BCUT2D eigenvalue weighted by Crippen LogP contribution is 2.20. The number of ketones is 1. The number of aromatic nitrogens is 4. The quantitative estimate of drug-likeness (QED) is 0.360. The van der Waals surface area contributed by atoms with Gasteiger partial charge in [0, 0.05) is 11.4 Å². The third kappa shape index (κ3) is 4.29. The maximum atomic E-state index is 11.6. The number of carbonyl (C=O) groups is 1. The lowest BCUT2D eigenvalue weighted by Crippen LogP contribution is -2.05. The van der Waals surface area contributed by atoms with Gasteiger partial charge in [-0.2, -0.15) is 5.10 Å². The number of Topliss-reactive ketones (excluding diaryl/α,β-unsaturated/α-hetero) is 1. The molecule has 7 heteroatoms. The van der Waals surface area contributed by atoms with E-state index in [2.05, 4.69) is 15.3 Å². The Bertz CT molecular complexity index is 906. The molecule has 0 spiro atoms. The van der Waals surface area contributed by atoms with Crippen LogP contribution in [-0.2, 0) is 0 Å². The molecule has 0 bridgehead atoms. The molecule has 2 heterocycles. The summed E-state index contributed by atoms with van der Waals surface area (Å²) in [6.45, 7) is 5.96. The summed E-state index contributed by atoms with van der Waals surface area (Å²) in [7, 11) is 0. The van der Waals surface area contributed by atoms with Crippen LogP contribution >= 0.6 is 11.8 Å². The lowest BCUT2D eigenvalue weighted by atomic mass is 10.1. The number of hydrogen-bond donors (Lipinski definition) is 0. The maximum Gasteiger partial charge on any atom is 0.175 e. The van der Waals surface area contributed by atoms with Crippen molar-refractivity contribution in [2.24, 2.45) is 0 Å². The van der Waals surface area contributed by atoms with Crippen molar-refractivity contribution < 1.29 is 9.53 Å². The number of hydrogen-bond acceptors (Lipinski definition) is 6. The van der Waals surface area contributed by atoms with E-state index in [4.69, 9.17) is 4.74 Å². The molecule has 0 aliphatic heterocycles. The van der Waals surface area contributed by atoms with E-state index in [-0.39, 0.29) is 5.78 Å². The van der Waals surface area contributed by atoms with Gasteiger partial charge in [0.1, 0.15) is 10.8 Å². The summed E-state index contributed by atoms with van der Waals surface area (Å²) in [6, 6.07) is 13.1. The van der Waals surface area contributed by atoms with Gasteiger partial charge in [0.15, 0.2) is 11.6 Å². The fraction of sp³-hybridized carbons (Fsp3) is 0.263. The van der Waals surface area contributed by atoms with Gasteiger partial charge in [-0.25, -0.2) is 4.68 Å². The summed E-state index contributed by atoms with van der Waals surface area (Å²) in [5.74, 6) is 2.03. The lowest BCUT2D eigenvalue weighted by molar-refractivity contribution is 0.101. The molecule has 3 aromatic rings. The van der Waals surface area contributed by atoms with Gasteiger partial charge in [0.25, 0.3) is 0 Å². The van der Waals surface area contributed by atoms with E-state index < -0.39 is 0 Å². The van der Waals surface area contributed by atoms with Crippen LogP contribution in [0.25, 0.3) is 5.82 Å². The first-order valence-electron chi connectivity index (χ1n) is 8.27. The van der Waals surface area contributed by atoms with Crippen molar-refractivity contribution in [1.29, 1.82) is 0 Å². The largest absolute Gasteiger partial charge is 0.492 e. The summed E-state index contributed by atoms with van der Waals surface area (Å²) in [5.41, 5.74) is 2.58. The first kappa shape index (κ1) is 18.1. The number of ether oxygens (including phenoxy) is 1. The maximum absolute atomic E-state index is 11.6. The summed E-state index contributed by atoms with van der Waals surface area (Å²) >= 11 is 1.55. The summed E-state index contributed by atoms with van der Waals surface area (Å²) in [6.07, 6.45) is 0. The van der Waals surface area contributed by atoms with Gasteiger partial charge in [-0.1, -0.05) is 12.1 Å². The topological polar surface area (TPSA) is 69.9 Å². The molecule has 3 rings (SSSR count). The van der Waals surface area contributed by atoms with Crippen LogP contribution in [0.15, 0.2) is 47.5 Å². The molecular formula is C19H20N4O2S. The van der Waals surface area contributed by atoms with Gasteiger partial charge in [-0.3, -0.25) is 4.79 Å². The van der Waals surface area contributed by atoms with Crippen molar-refractivity contribution in [1.82, 2.24) is 20.0 Å². The SMILES string of the molecule is CC(=O)c1ccccc1OCCSc1ccc(-n2nc(C)cc2C)nn1. The van der Waals surface area contributed by atoms with Crippen LogP contribution < -0.4 is 4.74 Å². The van der Waals surface area contributed by atoms with Crippen LogP contribution in [0.3, 0.4) is 0 Å². The van der Waals surface area contributed by atoms with Crippen LogP contribution in [0.2, 0.25) is 0 Å². The predicted octanol–water partition coefficient (Wildman–Crippen LogP) is 3.65. The van der Waals surface area contributed by atoms with Crippen molar-refractivity contribution >= 4 is 17.5 Å². The van der Waals surface area contributed by atoms with E-state index in [9.17, 15) is 4.79 Å². The number of nitrogens with zero attached hydrogens (tertiary/aromatic N) is 4. The highest BCUT2D eigenvalue weighted by molar-refractivity contribution is 7.99. The van der Waals surface area contributed by atoms with Crippen LogP contribution in [-0.4, -0.2) is 38.1 Å². The first-order valence-corrected chi connectivity index (χ1v) is 9.26. The monoisotopic (exact) mass is 368 g/mol. The minimum Gasteiger partial charge on any atom is -0.492 e. The molecule has 2 aromatic heterocycles. The van der Waals surface area contributed by atoms with Crippen LogP contribution in [0.4, 0.5) is 0 Å². The summed E-state index contributed by atoms with van der Waals surface area (Å²) in [5, 5.41) is 13.7. The zero-order valence-electron chi connectivity index (χ0n) is 15.0. The van der Waals surface area contributed by atoms with Crippen molar-refractivity contribution in [3.8, 4) is 11.6 Å². The molecule has 0 N–H and O–H groups in total. The van der Waals surface area contributed by atoms with Crippen molar-refractivity contribution in [2.75, 3.05) is 12.4 Å². The lowest BCUT2D eigenvalue weighted by Gasteiger charge is -2.09. The Morgan fingerprint density at radius 2 is 1.96 bits per heavy atom. The number of aryl methyl sites for hydroxylation is 2. The third-order valence-electron chi connectivity index (χ3n) is 3.71. The molecule has 0 aliphatic carbocycles. The minimum absolute atomic E-state index is 0.00106. The van der Waals surface area contributed by atoms with Crippen molar-refractivity contribution in [3.05, 3.63) is 59.4 Å². The van der Waals surface area contributed by atoms with E-state index in [1.807, 2.05) is 50.2 Å². The molecule has 0 saturated carbocycles. The Kier molecular flexibility index (Phi) is 5.68. The molecule has 0 radical (unpaired) electrons. The molecule has 0 aliphatic rings. The Morgan fingerprint density at radius 3 is 2.62 bits per heavy atom. The second-order valence-corrected chi connectivity index (χ2v) is 6.93. The number of benzene rings is 1. The van der Waals surface area contributed by atoms with Gasteiger partial charge in [0.05, 0.1) is 17.9 Å². The zero-order chi connectivity index (χ0) is 18.5. The van der Waals surface area contributed by atoms with Gasteiger partial charge in [-0.05, 0) is 51.1 Å². The van der Waals surface area contributed by atoms with Gasteiger partial charge < -0.3 is 4.74 Å². The normalized spacial score (nSPS) is 10.7. The molecule has 0 fully saturated rings. The summed E-state index contributed by atoms with van der Waals surface area (Å²) < 4.78 is 7.50. The second-order valence-electron chi connectivity index (χ2n) is 5.82. The molecule has 0 unspecified atom stereocenters. The molecule has 0 atom stereocenters. The number of carbonyl (C=O) groups excluding carboxylic acids is 1. The minimum atomic E-state index is -0.00106. The van der Waals surface area contributed by atoms with E-state index in [0.29, 0.717) is 29.5 Å². The van der Waals surface area contributed by atoms with E-state index in [1.165, 1.54) is 6.92 Å². The average molecular weight is 368 g/mol. The second kappa shape index (κ2) is 8.14. The van der Waals surface area contributed by atoms with Crippen molar-refractivity contribution in [3.63, 3.8) is 0 Å². The fourth-order valence-corrected chi connectivity index (χ4v) is 3.18. The molecule has 0 saturated heterocycles. The molecular weight excluding hydrogens is 348 g/mol. The molecule has 0 amide bonds. The highest BCUT2D eigenvalue weighted by Gasteiger charge is 2.08.